The second-order valence-corrected chi connectivity index (χ2v) is 3.36. The summed E-state index contributed by atoms with van der Waals surface area (Å²) in [6.45, 7) is 1.78. The molecule has 0 bridgehead atoms. The van der Waals surface area contributed by atoms with Crippen LogP contribution in [0.4, 0.5) is 0 Å². The van der Waals surface area contributed by atoms with E-state index in [1.165, 1.54) is 7.11 Å². The Labute approximate surface area is 95.1 Å². The van der Waals surface area contributed by atoms with Gasteiger partial charge < -0.3 is 14.2 Å². The van der Waals surface area contributed by atoms with E-state index in [-0.39, 0.29) is 11.9 Å². The van der Waals surface area contributed by atoms with Gasteiger partial charge in [-0.15, -0.1) is 0 Å². The molecule has 0 unspecified atom stereocenters. The highest BCUT2D eigenvalue weighted by atomic mass is 16.5. The van der Waals surface area contributed by atoms with Crippen LogP contribution in [0.3, 0.4) is 0 Å². The Morgan fingerprint density at radius 3 is 2.25 bits per heavy atom. The molecule has 4 heteroatoms. The predicted molar refractivity (Wildman–Crippen MR) is 60.0 cm³/mol. The Morgan fingerprint density at radius 1 is 1.12 bits per heavy atom. The average Bonchev–Trinajstić information content (AvgIpc) is 2.35. The molecule has 0 N–H and O–H groups in total. The predicted octanol–water partition coefficient (Wildman–Crippen LogP) is 1.98. The normalized spacial score (nSPS) is 11.8. The van der Waals surface area contributed by atoms with Crippen molar-refractivity contribution in [3.05, 3.63) is 23.8 Å². The average molecular weight is 224 g/mol. The molecule has 0 radical (unpaired) electrons. The first kappa shape index (κ1) is 12.4. The molecule has 0 amide bonds. The van der Waals surface area contributed by atoms with Crippen LogP contribution in [0, 0.1) is 0 Å². The second kappa shape index (κ2) is 5.39. The van der Waals surface area contributed by atoms with E-state index < -0.39 is 0 Å². The number of esters is 1. The quantitative estimate of drug-likeness (QED) is 0.733. The lowest BCUT2D eigenvalue weighted by molar-refractivity contribution is -0.141. The Balaban J connectivity index is 3.03. The third-order valence-electron chi connectivity index (χ3n) is 2.46. The van der Waals surface area contributed by atoms with E-state index in [1.54, 1.807) is 33.3 Å². The van der Waals surface area contributed by atoms with Crippen LogP contribution in [-0.4, -0.2) is 27.3 Å². The van der Waals surface area contributed by atoms with Gasteiger partial charge in [-0.25, -0.2) is 0 Å². The first-order valence-corrected chi connectivity index (χ1v) is 4.93. The molecule has 4 nitrogen and oxygen atoms in total. The topological polar surface area (TPSA) is 44.8 Å². The zero-order valence-electron chi connectivity index (χ0n) is 9.94. The van der Waals surface area contributed by atoms with E-state index in [1.807, 2.05) is 6.07 Å². The van der Waals surface area contributed by atoms with Crippen LogP contribution >= 0.6 is 0 Å². The molecule has 0 aromatic heterocycles. The minimum absolute atomic E-state index is 0.271. The fraction of sp³-hybridized carbons (Fsp3) is 0.417. The van der Waals surface area contributed by atoms with Crippen molar-refractivity contribution in [2.75, 3.05) is 21.3 Å². The van der Waals surface area contributed by atoms with Gasteiger partial charge in [0, 0.05) is 0 Å². The zero-order valence-corrected chi connectivity index (χ0v) is 9.94. The van der Waals surface area contributed by atoms with Gasteiger partial charge in [-0.3, -0.25) is 4.79 Å². The van der Waals surface area contributed by atoms with Crippen molar-refractivity contribution in [2.45, 2.75) is 12.8 Å². The van der Waals surface area contributed by atoms with Gasteiger partial charge in [0.15, 0.2) is 11.5 Å². The first-order chi connectivity index (χ1) is 7.63. The largest absolute Gasteiger partial charge is 0.493 e. The lowest BCUT2D eigenvalue weighted by Gasteiger charge is -2.13. The maximum absolute atomic E-state index is 11.4. The molecule has 1 aromatic carbocycles. The number of methoxy groups -OCH3 is 3. The van der Waals surface area contributed by atoms with E-state index in [9.17, 15) is 4.79 Å². The number of ether oxygens (including phenoxy) is 3. The summed E-state index contributed by atoms with van der Waals surface area (Å²) in [4.78, 5) is 11.4. The highest BCUT2D eigenvalue weighted by Crippen LogP contribution is 2.30. The van der Waals surface area contributed by atoms with Crippen LogP contribution < -0.4 is 9.47 Å². The zero-order chi connectivity index (χ0) is 12.1. The monoisotopic (exact) mass is 224 g/mol. The van der Waals surface area contributed by atoms with Gasteiger partial charge in [0.1, 0.15) is 0 Å². The molecule has 0 aliphatic rings. The van der Waals surface area contributed by atoms with Crippen molar-refractivity contribution in [3.8, 4) is 11.5 Å². The van der Waals surface area contributed by atoms with Crippen molar-refractivity contribution in [1.29, 1.82) is 0 Å². The maximum atomic E-state index is 11.4. The van der Waals surface area contributed by atoms with E-state index in [4.69, 9.17) is 9.47 Å². The SMILES string of the molecule is COC(=O)[C@@H](C)c1ccc(OC)c(OC)c1. The Kier molecular flexibility index (Phi) is 4.17. The summed E-state index contributed by atoms with van der Waals surface area (Å²) in [5.74, 6) is 0.663. The van der Waals surface area contributed by atoms with Gasteiger partial charge in [0.2, 0.25) is 0 Å². The number of carbonyl (C=O) groups excluding carboxylic acids is 1. The summed E-state index contributed by atoms with van der Waals surface area (Å²) >= 11 is 0. The minimum atomic E-state index is -0.315. The number of hydrogen-bond donors (Lipinski definition) is 0. The van der Waals surface area contributed by atoms with Crippen molar-refractivity contribution in [3.63, 3.8) is 0 Å². The summed E-state index contributed by atoms with van der Waals surface area (Å²) < 4.78 is 15.0. The maximum Gasteiger partial charge on any atom is 0.312 e. The van der Waals surface area contributed by atoms with Gasteiger partial charge >= 0.3 is 5.97 Å². The summed E-state index contributed by atoms with van der Waals surface area (Å²) in [6, 6.07) is 5.37. The molecule has 0 saturated carbocycles. The molecule has 0 spiro atoms. The molecule has 1 atom stereocenters. The molecular formula is C12H16O4. The molecule has 0 saturated heterocycles. The third kappa shape index (κ3) is 2.45. The first-order valence-electron chi connectivity index (χ1n) is 4.93. The summed E-state index contributed by atoms with van der Waals surface area (Å²) in [7, 11) is 4.51. The summed E-state index contributed by atoms with van der Waals surface area (Å²) in [5, 5.41) is 0. The number of hydrogen-bond acceptors (Lipinski definition) is 4. The second-order valence-electron chi connectivity index (χ2n) is 3.36. The molecule has 1 aromatic rings. The highest BCUT2D eigenvalue weighted by molar-refractivity contribution is 5.77. The van der Waals surface area contributed by atoms with E-state index in [0.29, 0.717) is 11.5 Å². The van der Waals surface area contributed by atoms with Gasteiger partial charge in [-0.1, -0.05) is 6.07 Å². The van der Waals surface area contributed by atoms with Crippen LogP contribution in [0.15, 0.2) is 18.2 Å². The van der Waals surface area contributed by atoms with Gasteiger partial charge in [-0.2, -0.15) is 0 Å². The molecule has 16 heavy (non-hydrogen) atoms. The van der Waals surface area contributed by atoms with Crippen molar-refractivity contribution >= 4 is 5.97 Å². The van der Waals surface area contributed by atoms with Crippen LogP contribution in [0.25, 0.3) is 0 Å². The lowest BCUT2D eigenvalue weighted by Crippen LogP contribution is -2.10. The van der Waals surface area contributed by atoms with Crippen molar-refractivity contribution in [1.82, 2.24) is 0 Å². The molecule has 0 aliphatic heterocycles. The van der Waals surface area contributed by atoms with Gasteiger partial charge in [0.05, 0.1) is 27.2 Å². The van der Waals surface area contributed by atoms with Crippen LogP contribution in [0.1, 0.15) is 18.4 Å². The van der Waals surface area contributed by atoms with Crippen LogP contribution in [0.2, 0.25) is 0 Å². The molecule has 0 aliphatic carbocycles. The van der Waals surface area contributed by atoms with Crippen LogP contribution in [0.5, 0.6) is 11.5 Å². The highest BCUT2D eigenvalue weighted by Gasteiger charge is 2.17. The standard InChI is InChI=1S/C12H16O4/c1-8(12(13)16-4)9-5-6-10(14-2)11(7-9)15-3/h5-8H,1-4H3/t8-/m0/s1. The number of carbonyl (C=O) groups is 1. The Hall–Kier alpha value is -1.71. The fourth-order valence-corrected chi connectivity index (χ4v) is 1.44. The molecule has 0 fully saturated rings. The summed E-state index contributed by atoms with van der Waals surface area (Å²) in [6.07, 6.45) is 0. The van der Waals surface area contributed by atoms with Crippen LogP contribution in [-0.2, 0) is 9.53 Å². The van der Waals surface area contributed by atoms with E-state index in [2.05, 4.69) is 4.74 Å². The van der Waals surface area contributed by atoms with Gasteiger partial charge in [0.25, 0.3) is 0 Å². The van der Waals surface area contributed by atoms with E-state index >= 15 is 0 Å². The Morgan fingerprint density at radius 2 is 1.75 bits per heavy atom. The fourth-order valence-electron chi connectivity index (χ4n) is 1.44. The lowest BCUT2D eigenvalue weighted by atomic mass is 10.0. The van der Waals surface area contributed by atoms with Crippen molar-refractivity contribution in [2.24, 2.45) is 0 Å². The van der Waals surface area contributed by atoms with E-state index in [0.717, 1.165) is 5.56 Å². The smallest absolute Gasteiger partial charge is 0.312 e. The third-order valence-corrected chi connectivity index (χ3v) is 2.46. The molecular weight excluding hydrogens is 208 g/mol. The number of benzene rings is 1. The number of rotatable bonds is 4. The summed E-state index contributed by atoms with van der Waals surface area (Å²) in [5.41, 5.74) is 0.838. The van der Waals surface area contributed by atoms with Crippen molar-refractivity contribution < 1.29 is 19.0 Å². The molecule has 88 valence electrons. The molecule has 1 rings (SSSR count). The molecule has 0 heterocycles. The Bertz CT molecular complexity index is 373. The minimum Gasteiger partial charge on any atom is -0.493 e. The van der Waals surface area contributed by atoms with Gasteiger partial charge in [-0.05, 0) is 24.6 Å².